The normalized spacial score (nSPS) is 20.1. The zero-order chi connectivity index (χ0) is 18.0. The van der Waals surface area contributed by atoms with Crippen LogP contribution in [-0.2, 0) is 0 Å². The van der Waals surface area contributed by atoms with Crippen molar-refractivity contribution in [2.45, 2.75) is 31.3 Å². The number of benzene rings is 2. The topological polar surface area (TPSA) is 36.4 Å². The Labute approximate surface area is 168 Å². The van der Waals surface area contributed by atoms with Crippen molar-refractivity contribution in [1.29, 1.82) is 0 Å². The molecule has 1 aliphatic carbocycles. The highest BCUT2D eigenvalue weighted by atomic mass is 127. The molecule has 0 saturated heterocycles. The molecule has 26 heavy (non-hydrogen) atoms. The number of nitrogens with zero attached hydrogens (tertiary/aromatic N) is 1. The Morgan fingerprint density at radius 1 is 1.08 bits per heavy atom. The summed E-state index contributed by atoms with van der Waals surface area (Å²) in [6.07, 6.45) is 0.821. The molecule has 3 nitrogen and oxygen atoms in total. The fourth-order valence-electron chi connectivity index (χ4n) is 2.89. The van der Waals surface area contributed by atoms with Gasteiger partial charge in [0.15, 0.2) is 17.6 Å². The Morgan fingerprint density at radius 2 is 1.81 bits per heavy atom. The van der Waals surface area contributed by atoms with E-state index in [4.69, 9.17) is 0 Å². The van der Waals surface area contributed by atoms with Gasteiger partial charge in [-0.1, -0.05) is 24.3 Å². The summed E-state index contributed by atoms with van der Waals surface area (Å²) in [4.78, 5) is 4.16. The maximum absolute atomic E-state index is 13.8. The predicted molar refractivity (Wildman–Crippen MR) is 107 cm³/mol. The van der Waals surface area contributed by atoms with E-state index >= 15 is 0 Å². The number of aliphatic imine (C=N–C) groups is 1. The van der Waals surface area contributed by atoms with Crippen LogP contribution in [0.1, 0.15) is 36.4 Å². The van der Waals surface area contributed by atoms with E-state index in [1.165, 1.54) is 18.2 Å². The molecule has 3 unspecified atom stereocenters. The molecule has 140 valence electrons. The monoisotopic (exact) mass is 475 g/mol. The molecule has 2 aromatic rings. The van der Waals surface area contributed by atoms with Crippen LogP contribution < -0.4 is 10.6 Å². The Morgan fingerprint density at radius 3 is 2.46 bits per heavy atom. The van der Waals surface area contributed by atoms with Crippen LogP contribution in [0.3, 0.4) is 0 Å². The van der Waals surface area contributed by atoms with Gasteiger partial charge in [0.1, 0.15) is 5.82 Å². The Balaban J connectivity index is 0.00000243. The lowest BCUT2D eigenvalue weighted by atomic mass is 10.1. The van der Waals surface area contributed by atoms with Crippen LogP contribution in [0.5, 0.6) is 0 Å². The summed E-state index contributed by atoms with van der Waals surface area (Å²) in [5, 5.41) is 6.39. The molecule has 7 heteroatoms. The standard InChI is InChI=1S/C19H20F3N3.HI/c1-11(12-7-8-16(21)17(22)9-12)24-19(23-2)25-18-10-14(18)13-5-3-4-6-15(13)20;/h3-9,11,14,18H,10H2,1-2H3,(H2,23,24,25);1H. The molecule has 0 aliphatic heterocycles. The van der Waals surface area contributed by atoms with Crippen molar-refractivity contribution < 1.29 is 13.2 Å². The first kappa shape index (κ1) is 20.5. The summed E-state index contributed by atoms with van der Waals surface area (Å²) in [5.74, 6) is -1.30. The smallest absolute Gasteiger partial charge is 0.191 e. The zero-order valence-electron chi connectivity index (χ0n) is 14.5. The van der Waals surface area contributed by atoms with Crippen molar-refractivity contribution in [2.75, 3.05) is 7.05 Å². The largest absolute Gasteiger partial charge is 0.353 e. The van der Waals surface area contributed by atoms with Gasteiger partial charge in [-0.2, -0.15) is 0 Å². The van der Waals surface area contributed by atoms with Crippen LogP contribution in [0.2, 0.25) is 0 Å². The molecular formula is C19H21F3IN3. The molecule has 0 aromatic heterocycles. The quantitative estimate of drug-likeness (QED) is 0.388. The van der Waals surface area contributed by atoms with Crippen molar-refractivity contribution in [3.63, 3.8) is 0 Å². The van der Waals surface area contributed by atoms with Crippen molar-refractivity contribution in [3.05, 3.63) is 71.0 Å². The third-order valence-electron chi connectivity index (χ3n) is 4.44. The second-order valence-electron chi connectivity index (χ2n) is 6.23. The summed E-state index contributed by atoms with van der Waals surface area (Å²) in [6, 6.07) is 10.4. The Bertz CT molecular complexity index is 797. The third kappa shape index (κ3) is 4.69. The molecule has 3 atom stereocenters. The average molecular weight is 475 g/mol. The lowest BCUT2D eigenvalue weighted by molar-refractivity contribution is 0.504. The lowest BCUT2D eigenvalue weighted by Crippen LogP contribution is -2.40. The second-order valence-corrected chi connectivity index (χ2v) is 6.23. The van der Waals surface area contributed by atoms with Gasteiger partial charge in [0, 0.05) is 19.0 Å². The number of hydrogen-bond acceptors (Lipinski definition) is 1. The molecule has 2 N–H and O–H groups in total. The highest BCUT2D eigenvalue weighted by Crippen LogP contribution is 2.41. The van der Waals surface area contributed by atoms with E-state index in [1.807, 2.05) is 13.0 Å². The van der Waals surface area contributed by atoms with Crippen LogP contribution in [0, 0.1) is 17.5 Å². The van der Waals surface area contributed by atoms with Crippen LogP contribution in [0.4, 0.5) is 13.2 Å². The van der Waals surface area contributed by atoms with Gasteiger partial charge in [-0.25, -0.2) is 13.2 Å². The zero-order valence-corrected chi connectivity index (χ0v) is 16.8. The Kier molecular flexibility index (Phi) is 6.91. The van der Waals surface area contributed by atoms with Gasteiger partial charge in [-0.3, -0.25) is 4.99 Å². The van der Waals surface area contributed by atoms with Gasteiger partial charge in [-0.15, -0.1) is 24.0 Å². The molecule has 2 aromatic carbocycles. The fourth-order valence-corrected chi connectivity index (χ4v) is 2.89. The van der Waals surface area contributed by atoms with Crippen LogP contribution in [0.15, 0.2) is 47.5 Å². The van der Waals surface area contributed by atoms with Crippen molar-refractivity contribution in [2.24, 2.45) is 4.99 Å². The molecule has 1 saturated carbocycles. The maximum Gasteiger partial charge on any atom is 0.191 e. The third-order valence-corrected chi connectivity index (χ3v) is 4.44. The predicted octanol–water partition coefficient (Wildman–Crippen LogP) is 4.50. The first-order valence-corrected chi connectivity index (χ1v) is 8.19. The highest BCUT2D eigenvalue weighted by molar-refractivity contribution is 14.0. The van der Waals surface area contributed by atoms with Gasteiger partial charge in [0.25, 0.3) is 0 Å². The molecule has 1 aliphatic rings. The van der Waals surface area contributed by atoms with E-state index in [0.29, 0.717) is 17.1 Å². The average Bonchev–Trinajstić information content (AvgIpc) is 3.36. The van der Waals surface area contributed by atoms with Gasteiger partial charge in [0.2, 0.25) is 0 Å². The summed E-state index contributed by atoms with van der Waals surface area (Å²) < 4.78 is 40.3. The van der Waals surface area contributed by atoms with E-state index in [9.17, 15) is 13.2 Å². The summed E-state index contributed by atoms with van der Waals surface area (Å²) in [5.41, 5.74) is 1.31. The van der Waals surface area contributed by atoms with Crippen molar-refractivity contribution >= 4 is 29.9 Å². The molecule has 0 radical (unpaired) electrons. The minimum atomic E-state index is -0.879. The molecule has 1 fully saturated rings. The van der Waals surface area contributed by atoms with E-state index in [-0.39, 0.29) is 47.8 Å². The summed E-state index contributed by atoms with van der Waals surface area (Å²) in [7, 11) is 1.63. The first-order chi connectivity index (χ1) is 12.0. The lowest BCUT2D eigenvalue weighted by Gasteiger charge is -2.18. The Hall–Kier alpha value is -1.77. The molecular weight excluding hydrogens is 454 g/mol. The molecule has 3 rings (SSSR count). The number of hydrogen-bond donors (Lipinski definition) is 2. The number of nitrogens with one attached hydrogen (secondary N) is 2. The van der Waals surface area contributed by atoms with E-state index < -0.39 is 11.6 Å². The SMILES string of the molecule is CN=C(NC(C)c1ccc(F)c(F)c1)NC1CC1c1ccccc1F.I. The maximum atomic E-state index is 13.8. The van der Waals surface area contributed by atoms with E-state index in [1.54, 1.807) is 19.2 Å². The van der Waals surface area contributed by atoms with Gasteiger partial charge in [0.05, 0.1) is 6.04 Å². The van der Waals surface area contributed by atoms with Crippen molar-refractivity contribution in [3.8, 4) is 0 Å². The summed E-state index contributed by atoms with van der Waals surface area (Å²) in [6.45, 7) is 1.83. The van der Waals surface area contributed by atoms with E-state index in [0.717, 1.165) is 12.5 Å². The second kappa shape index (κ2) is 8.75. The highest BCUT2D eigenvalue weighted by Gasteiger charge is 2.40. The minimum Gasteiger partial charge on any atom is -0.353 e. The number of rotatable bonds is 4. The molecule has 0 spiro atoms. The van der Waals surface area contributed by atoms with Crippen LogP contribution in [-0.4, -0.2) is 19.0 Å². The fraction of sp³-hybridized carbons (Fsp3) is 0.316. The number of halogens is 4. The van der Waals surface area contributed by atoms with Crippen LogP contribution >= 0.6 is 24.0 Å². The van der Waals surface area contributed by atoms with Crippen molar-refractivity contribution in [1.82, 2.24) is 10.6 Å². The minimum absolute atomic E-state index is 0. The molecule has 0 bridgehead atoms. The van der Waals surface area contributed by atoms with E-state index in [2.05, 4.69) is 15.6 Å². The van der Waals surface area contributed by atoms with Gasteiger partial charge in [-0.05, 0) is 42.7 Å². The molecule has 0 amide bonds. The van der Waals surface area contributed by atoms with Gasteiger partial charge >= 0.3 is 0 Å². The first-order valence-electron chi connectivity index (χ1n) is 8.19. The van der Waals surface area contributed by atoms with Crippen LogP contribution in [0.25, 0.3) is 0 Å². The summed E-state index contributed by atoms with van der Waals surface area (Å²) >= 11 is 0. The molecule has 0 heterocycles. The van der Waals surface area contributed by atoms with Gasteiger partial charge < -0.3 is 10.6 Å². The number of guanidine groups is 1.